The Kier molecular flexibility index (Phi) is 16.1. The van der Waals surface area contributed by atoms with Gasteiger partial charge in [-0.15, -0.1) is 0 Å². The van der Waals surface area contributed by atoms with Gasteiger partial charge in [-0.1, -0.05) is 110 Å². The van der Waals surface area contributed by atoms with Crippen molar-refractivity contribution in [1.29, 1.82) is 0 Å². The number of Topliss-reactive ketones (excluding diaryl/α,β-unsaturated/α-hetero) is 1. The van der Waals surface area contributed by atoms with Crippen molar-refractivity contribution < 1.29 is 14.3 Å². The van der Waals surface area contributed by atoms with E-state index in [1.54, 1.807) is 6.92 Å². The molecule has 3 heteroatoms. The Balaban J connectivity index is 2.00. The third kappa shape index (κ3) is 12.1. The van der Waals surface area contributed by atoms with Crippen LogP contribution in [0.15, 0.2) is 0 Å². The predicted octanol–water partition coefficient (Wildman–Crippen LogP) is 8.47. The van der Waals surface area contributed by atoms with Crippen LogP contribution in [-0.4, -0.2) is 17.4 Å². The highest BCUT2D eigenvalue weighted by atomic mass is 16.6. The quantitative estimate of drug-likeness (QED) is 0.155. The smallest absolute Gasteiger partial charge is 0.306 e. The molecular formula is C27H50O3. The van der Waals surface area contributed by atoms with E-state index in [9.17, 15) is 9.59 Å². The molecule has 0 unspecified atom stereocenters. The molecule has 0 bridgehead atoms. The van der Waals surface area contributed by atoms with Gasteiger partial charge in [-0.3, -0.25) is 9.59 Å². The predicted molar refractivity (Wildman–Crippen MR) is 127 cm³/mol. The summed E-state index contributed by atoms with van der Waals surface area (Å²) in [5.74, 6) is -0.0413. The zero-order valence-electron chi connectivity index (χ0n) is 20.3. The second kappa shape index (κ2) is 17.8. The number of hydrogen-bond acceptors (Lipinski definition) is 3. The first-order valence-electron chi connectivity index (χ1n) is 13.4. The summed E-state index contributed by atoms with van der Waals surface area (Å²) in [7, 11) is 0. The van der Waals surface area contributed by atoms with Gasteiger partial charge in [-0.25, -0.2) is 0 Å². The van der Waals surface area contributed by atoms with Gasteiger partial charge in [-0.05, 0) is 32.1 Å². The second-order valence-electron chi connectivity index (χ2n) is 9.51. The molecule has 0 aromatic rings. The summed E-state index contributed by atoms with van der Waals surface area (Å²) >= 11 is 0. The lowest BCUT2D eigenvalue weighted by Crippen LogP contribution is -2.45. The van der Waals surface area contributed by atoms with E-state index in [0.717, 1.165) is 44.9 Å². The van der Waals surface area contributed by atoms with Crippen molar-refractivity contribution in [2.45, 2.75) is 161 Å². The fraction of sp³-hybridized carbons (Fsp3) is 0.926. The summed E-state index contributed by atoms with van der Waals surface area (Å²) in [6.07, 6.45) is 25.5. The van der Waals surface area contributed by atoms with Crippen LogP contribution >= 0.6 is 0 Å². The molecule has 0 spiro atoms. The molecule has 0 saturated heterocycles. The van der Waals surface area contributed by atoms with Gasteiger partial charge in [0.25, 0.3) is 0 Å². The van der Waals surface area contributed by atoms with Crippen LogP contribution < -0.4 is 0 Å². The van der Waals surface area contributed by atoms with Crippen molar-refractivity contribution in [3.05, 3.63) is 0 Å². The Hall–Kier alpha value is -0.860. The van der Waals surface area contributed by atoms with E-state index >= 15 is 0 Å². The minimum atomic E-state index is -0.790. The van der Waals surface area contributed by atoms with Crippen LogP contribution in [0.2, 0.25) is 0 Å². The minimum Gasteiger partial charge on any atom is -0.451 e. The number of carbonyl (C=O) groups excluding carboxylic acids is 2. The van der Waals surface area contributed by atoms with Crippen molar-refractivity contribution in [1.82, 2.24) is 0 Å². The molecule has 0 atom stereocenters. The largest absolute Gasteiger partial charge is 0.451 e. The first-order valence-corrected chi connectivity index (χ1v) is 13.4. The molecule has 3 nitrogen and oxygen atoms in total. The number of ketones is 1. The molecule has 0 amide bonds. The second-order valence-corrected chi connectivity index (χ2v) is 9.51. The molecule has 0 heterocycles. The summed E-state index contributed by atoms with van der Waals surface area (Å²) in [4.78, 5) is 24.7. The SMILES string of the molecule is CCCCCCCCCCCCCCCCCC(=O)C1(OC(=O)CC)CCCCC1. The lowest BCUT2D eigenvalue weighted by Gasteiger charge is -2.35. The molecule has 0 aromatic carbocycles. The fourth-order valence-electron chi connectivity index (χ4n) is 4.74. The molecule has 0 aliphatic heterocycles. The minimum absolute atomic E-state index is 0.179. The van der Waals surface area contributed by atoms with E-state index in [0.29, 0.717) is 12.8 Å². The Morgan fingerprint density at radius 3 is 1.50 bits per heavy atom. The van der Waals surface area contributed by atoms with E-state index in [4.69, 9.17) is 4.74 Å². The van der Waals surface area contributed by atoms with Crippen molar-refractivity contribution >= 4 is 11.8 Å². The molecule has 0 radical (unpaired) electrons. The number of rotatable bonds is 19. The molecule has 1 aliphatic carbocycles. The van der Waals surface area contributed by atoms with Crippen LogP contribution in [-0.2, 0) is 14.3 Å². The molecule has 176 valence electrons. The van der Waals surface area contributed by atoms with Crippen molar-refractivity contribution in [3.63, 3.8) is 0 Å². The standard InChI is InChI=1S/C27H50O3/c1-3-5-6-7-8-9-10-11-12-13-14-15-16-17-19-22-25(28)27(30-26(29)4-2)23-20-18-21-24-27/h3-24H2,1-2H3. The highest BCUT2D eigenvalue weighted by Crippen LogP contribution is 2.34. The van der Waals surface area contributed by atoms with Crippen LogP contribution in [0.25, 0.3) is 0 Å². The van der Waals surface area contributed by atoms with E-state index in [1.807, 2.05) is 0 Å². The number of esters is 1. The van der Waals surface area contributed by atoms with E-state index in [1.165, 1.54) is 83.5 Å². The van der Waals surface area contributed by atoms with Gasteiger partial charge in [0.1, 0.15) is 0 Å². The van der Waals surface area contributed by atoms with Gasteiger partial charge in [-0.2, -0.15) is 0 Å². The van der Waals surface area contributed by atoms with Gasteiger partial charge in [0.2, 0.25) is 0 Å². The summed E-state index contributed by atoms with van der Waals surface area (Å²) in [5, 5.41) is 0. The van der Waals surface area contributed by atoms with Crippen LogP contribution in [0, 0.1) is 0 Å². The van der Waals surface area contributed by atoms with Crippen LogP contribution in [0.3, 0.4) is 0 Å². The summed E-state index contributed by atoms with van der Waals surface area (Å²) in [6, 6.07) is 0. The number of hydrogen-bond donors (Lipinski definition) is 0. The van der Waals surface area contributed by atoms with Gasteiger partial charge < -0.3 is 4.74 Å². The molecule has 1 saturated carbocycles. The fourth-order valence-corrected chi connectivity index (χ4v) is 4.74. The maximum Gasteiger partial charge on any atom is 0.306 e. The topological polar surface area (TPSA) is 43.4 Å². The molecular weight excluding hydrogens is 372 g/mol. The van der Waals surface area contributed by atoms with Gasteiger partial charge in [0.05, 0.1) is 0 Å². The highest BCUT2D eigenvalue weighted by molar-refractivity contribution is 5.89. The van der Waals surface area contributed by atoms with E-state index in [2.05, 4.69) is 6.92 Å². The summed E-state index contributed by atoms with van der Waals surface area (Å²) < 4.78 is 5.68. The lowest BCUT2D eigenvalue weighted by molar-refractivity contribution is -0.171. The Morgan fingerprint density at radius 2 is 1.07 bits per heavy atom. The van der Waals surface area contributed by atoms with Crippen molar-refractivity contribution in [2.24, 2.45) is 0 Å². The maximum absolute atomic E-state index is 12.8. The third-order valence-electron chi connectivity index (χ3n) is 6.77. The summed E-state index contributed by atoms with van der Waals surface area (Å²) in [6.45, 7) is 4.08. The van der Waals surface area contributed by atoms with Gasteiger partial charge in [0, 0.05) is 12.8 Å². The normalized spacial score (nSPS) is 15.8. The van der Waals surface area contributed by atoms with E-state index < -0.39 is 5.60 Å². The Morgan fingerprint density at radius 1 is 0.633 bits per heavy atom. The van der Waals surface area contributed by atoms with Crippen molar-refractivity contribution in [3.8, 4) is 0 Å². The van der Waals surface area contributed by atoms with Crippen LogP contribution in [0.5, 0.6) is 0 Å². The molecule has 0 N–H and O–H groups in total. The summed E-state index contributed by atoms with van der Waals surface area (Å²) in [5.41, 5.74) is -0.790. The molecule has 30 heavy (non-hydrogen) atoms. The zero-order valence-corrected chi connectivity index (χ0v) is 20.3. The van der Waals surface area contributed by atoms with E-state index in [-0.39, 0.29) is 11.8 Å². The first-order chi connectivity index (χ1) is 14.6. The molecule has 0 aromatic heterocycles. The van der Waals surface area contributed by atoms with Crippen LogP contribution in [0.1, 0.15) is 155 Å². The van der Waals surface area contributed by atoms with Crippen molar-refractivity contribution in [2.75, 3.05) is 0 Å². The lowest BCUT2D eigenvalue weighted by atomic mass is 9.80. The van der Waals surface area contributed by atoms with Gasteiger partial charge in [0.15, 0.2) is 11.4 Å². The average molecular weight is 423 g/mol. The zero-order chi connectivity index (χ0) is 21.9. The molecule has 1 rings (SSSR count). The highest BCUT2D eigenvalue weighted by Gasteiger charge is 2.41. The number of carbonyl (C=O) groups is 2. The Labute approximate surface area is 187 Å². The number of unbranched alkanes of at least 4 members (excludes halogenated alkanes) is 14. The Bertz CT molecular complexity index is 437. The number of ether oxygens (including phenoxy) is 1. The average Bonchev–Trinajstić information content (AvgIpc) is 2.76. The molecule has 1 aliphatic rings. The molecule has 1 fully saturated rings. The van der Waals surface area contributed by atoms with Crippen LogP contribution in [0.4, 0.5) is 0 Å². The van der Waals surface area contributed by atoms with Gasteiger partial charge >= 0.3 is 5.97 Å². The maximum atomic E-state index is 12.8. The monoisotopic (exact) mass is 422 g/mol. The first kappa shape index (κ1) is 27.2. The third-order valence-corrected chi connectivity index (χ3v) is 6.77.